The van der Waals surface area contributed by atoms with Crippen LogP contribution in [-0.2, 0) is 0 Å². The van der Waals surface area contributed by atoms with E-state index in [1.54, 1.807) is 6.07 Å². The Kier molecular flexibility index (Phi) is 4.22. The lowest BCUT2D eigenvalue weighted by atomic mass is 10.1. The molecule has 0 N–H and O–H groups in total. The maximum Gasteiger partial charge on any atom is 0.429 e. The SMILES string of the molecule is Cc1ccc(Oc2cc3c(cc2Cl)C=C[C@H](C(F)(F)F)O3)c(C)c1. The first-order chi connectivity index (χ1) is 11.2. The summed E-state index contributed by atoms with van der Waals surface area (Å²) in [6.07, 6.45) is -4.13. The van der Waals surface area contributed by atoms with Crippen LogP contribution in [0.25, 0.3) is 6.08 Å². The molecule has 3 rings (SSSR count). The molecule has 2 aromatic rings. The molecular formula is C18H14ClF3O2. The van der Waals surface area contributed by atoms with Crippen molar-refractivity contribution >= 4 is 17.7 Å². The molecule has 0 saturated carbocycles. The number of hydrogen-bond acceptors (Lipinski definition) is 2. The third-order valence-corrected chi connectivity index (χ3v) is 3.94. The number of hydrogen-bond donors (Lipinski definition) is 0. The molecule has 0 bridgehead atoms. The van der Waals surface area contributed by atoms with Crippen LogP contribution in [0.3, 0.4) is 0 Å². The summed E-state index contributed by atoms with van der Waals surface area (Å²) in [5, 5.41) is 0.299. The topological polar surface area (TPSA) is 18.5 Å². The van der Waals surface area contributed by atoms with Gasteiger partial charge in [0.2, 0.25) is 6.10 Å². The maximum atomic E-state index is 12.8. The van der Waals surface area contributed by atoms with Crippen molar-refractivity contribution in [1.29, 1.82) is 0 Å². The quantitative estimate of drug-likeness (QED) is 0.650. The lowest BCUT2D eigenvalue weighted by molar-refractivity contribution is -0.180. The van der Waals surface area contributed by atoms with Gasteiger partial charge in [0.15, 0.2) is 0 Å². The highest BCUT2D eigenvalue weighted by Crippen LogP contribution is 2.40. The van der Waals surface area contributed by atoms with Crippen molar-refractivity contribution in [2.45, 2.75) is 26.1 Å². The molecule has 6 heteroatoms. The smallest absolute Gasteiger partial charge is 0.429 e. The summed E-state index contributed by atoms with van der Waals surface area (Å²) >= 11 is 6.18. The van der Waals surface area contributed by atoms with Gasteiger partial charge in [0.1, 0.15) is 17.2 Å². The fraction of sp³-hybridized carbons (Fsp3) is 0.222. The Labute approximate surface area is 142 Å². The Hall–Kier alpha value is -2.14. The van der Waals surface area contributed by atoms with E-state index in [1.807, 2.05) is 26.0 Å². The predicted molar refractivity (Wildman–Crippen MR) is 86.9 cm³/mol. The Morgan fingerprint density at radius 3 is 2.50 bits per heavy atom. The second kappa shape index (κ2) is 6.06. The van der Waals surface area contributed by atoms with Gasteiger partial charge in [0.25, 0.3) is 0 Å². The molecule has 24 heavy (non-hydrogen) atoms. The molecule has 2 nitrogen and oxygen atoms in total. The van der Waals surface area contributed by atoms with Crippen molar-refractivity contribution in [2.24, 2.45) is 0 Å². The Morgan fingerprint density at radius 1 is 1.08 bits per heavy atom. The number of ether oxygens (including phenoxy) is 2. The van der Waals surface area contributed by atoms with Gasteiger partial charge in [0, 0.05) is 11.6 Å². The number of benzene rings is 2. The van der Waals surface area contributed by atoms with Crippen LogP contribution in [0.2, 0.25) is 5.02 Å². The summed E-state index contributed by atoms with van der Waals surface area (Å²) in [4.78, 5) is 0. The van der Waals surface area contributed by atoms with Gasteiger partial charge in [-0.3, -0.25) is 0 Å². The van der Waals surface area contributed by atoms with E-state index in [0.29, 0.717) is 16.3 Å². The molecule has 0 spiro atoms. The monoisotopic (exact) mass is 354 g/mol. The highest BCUT2D eigenvalue weighted by atomic mass is 35.5. The van der Waals surface area contributed by atoms with Crippen LogP contribution in [0.4, 0.5) is 13.2 Å². The number of rotatable bonds is 2. The van der Waals surface area contributed by atoms with Crippen molar-refractivity contribution in [1.82, 2.24) is 0 Å². The molecule has 0 aliphatic carbocycles. The van der Waals surface area contributed by atoms with Gasteiger partial charge in [-0.2, -0.15) is 13.2 Å². The number of aryl methyl sites for hydroxylation is 2. The summed E-state index contributed by atoms with van der Waals surface area (Å²) < 4.78 is 49.3. The van der Waals surface area contributed by atoms with E-state index in [0.717, 1.165) is 17.2 Å². The van der Waals surface area contributed by atoms with Gasteiger partial charge in [-0.05, 0) is 37.6 Å². The fourth-order valence-corrected chi connectivity index (χ4v) is 2.65. The van der Waals surface area contributed by atoms with Crippen LogP contribution in [0.5, 0.6) is 17.2 Å². The van der Waals surface area contributed by atoms with Gasteiger partial charge >= 0.3 is 6.18 Å². The Morgan fingerprint density at radius 2 is 1.83 bits per heavy atom. The van der Waals surface area contributed by atoms with E-state index < -0.39 is 12.3 Å². The molecule has 1 aliphatic heterocycles. The minimum atomic E-state index is -4.47. The highest BCUT2D eigenvalue weighted by Gasteiger charge is 2.41. The van der Waals surface area contributed by atoms with Gasteiger partial charge in [-0.15, -0.1) is 0 Å². The molecule has 0 saturated heterocycles. The van der Waals surface area contributed by atoms with E-state index in [1.165, 1.54) is 18.2 Å². The minimum Gasteiger partial charge on any atom is -0.476 e. The van der Waals surface area contributed by atoms with Crippen molar-refractivity contribution in [2.75, 3.05) is 0 Å². The minimum absolute atomic E-state index is 0.0870. The Bertz CT molecular complexity index is 813. The van der Waals surface area contributed by atoms with Gasteiger partial charge in [0.05, 0.1) is 5.02 Å². The van der Waals surface area contributed by atoms with Gasteiger partial charge in [-0.25, -0.2) is 0 Å². The Balaban J connectivity index is 1.93. The third-order valence-electron chi connectivity index (χ3n) is 3.64. The lowest BCUT2D eigenvalue weighted by Crippen LogP contribution is -2.33. The zero-order chi connectivity index (χ0) is 17.5. The molecule has 0 aromatic heterocycles. The second-order valence-corrected chi connectivity index (χ2v) is 6.04. The molecule has 0 amide bonds. The van der Waals surface area contributed by atoms with Crippen molar-refractivity contribution in [3.05, 3.63) is 58.1 Å². The van der Waals surface area contributed by atoms with Crippen LogP contribution in [-0.4, -0.2) is 12.3 Å². The highest BCUT2D eigenvalue weighted by molar-refractivity contribution is 6.32. The molecule has 0 fully saturated rings. The number of halogens is 4. The van der Waals surface area contributed by atoms with Crippen LogP contribution in [0, 0.1) is 13.8 Å². The molecule has 126 valence electrons. The van der Waals surface area contributed by atoms with E-state index in [4.69, 9.17) is 21.1 Å². The van der Waals surface area contributed by atoms with Crippen LogP contribution >= 0.6 is 11.6 Å². The van der Waals surface area contributed by atoms with E-state index >= 15 is 0 Å². The molecule has 2 aromatic carbocycles. The zero-order valence-electron chi connectivity index (χ0n) is 12.9. The molecular weight excluding hydrogens is 341 g/mol. The largest absolute Gasteiger partial charge is 0.476 e. The standard InChI is InChI=1S/C18H14ClF3O2/c1-10-3-5-14(11(2)7-10)23-16-9-15-12(8-13(16)19)4-6-17(24-15)18(20,21)22/h3-9,17H,1-2H3/t17-/m1/s1. The average Bonchev–Trinajstić information content (AvgIpc) is 2.49. The summed E-state index contributed by atoms with van der Waals surface area (Å²) in [5.74, 6) is 0.920. The molecule has 1 atom stereocenters. The zero-order valence-corrected chi connectivity index (χ0v) is 13.7. The van der Waals surface area contributed by atoms with Crippen molar-refractivity contribution < 1.29 is 22.6 Å². The van der Waals surface area contributed by atoms with E-state index in [9.17, 15) is 13.2 Å². The normalized spacial score (nSPS) is 16.5. The first-order valence-corrected chi connectivity index (χ1v) is 7.62. The van der Waals surface area contributed by atoms with E-state index in [2.05, 4.69) is 0 Å². The summed E-state index contributed by atoms with van der Waals surface area (Å²) in [5.41, 5.74) is 2.46. The molecule has 0 radical (unpaired) electrons. The first kappa shape index (κ1) is 16.7. The van der Waals surface area contributed by atoms with Crippen molar-refractivity contribution in [3.8, 4) is 17.2 Å². The van der Waals surface area contributed by atoms with Crippen LogP contribution in [0.1, 0.15) is 16.7 Å². The van der Waals surface area contributed by atoms with Crippen LogP contribution in [0.15, 0.2) is 36.4 Å². The van der Waals surface area contributed by atoms with Crippen LogP contribution < -0.4 is 9.47 Å². The fourth-order valence-electron chi connectivity index (χ4n) is 2.44. The lowest BCUT2D eigenvalue weighted by Gasteiger charge is -2.24. The number of alkyl halides is 3. The van der Waals surface area contributed by atoms with Crippen molar-refractivity contribution in [3.63, 3.8) is 0 Å². The second-order valence-electron chi connectivity index (χ2n) is 5.63. The maximum absolute atomic E-state index is 12.8. The summed E-state index contributed by atoms with van der Waals surface area (Å²) in [6, 6.07) is 8.53. The first-order valence-electron chi connectivity index (χ1n) is 7.24. The molecule has 0 unspecified atom stereocenters. The molecule has 1 aliphatic rings. The molecule has 1 heterocycles. The average molecular weight is 355 g/mol. The number of fused-ring (bicyclic) bond motifs is 1. The van der Waals surface area contributed by atoms with Gasteiger partial charge in [-0.1, -0.05) is 35.4 Å². The predicted octanol–water partition coefficient (Wildman–Crippen LogP) is 6.09. The van der Waals surface area contributed by atoms with E-state index in [-0.39, 0.29) is 11.5 Å². The third kappa shape index (κ3) is 3.36. The van der Waals surface area contributed by atoms with Gasteiger partial charge < -0.3 is 9.47 Å². The summed E-state index contributed by atoms with van der Waals surface area (Å²) in [6.45, 7) is 3.84. The summed E-state index contributed by atoms with van der Waals surface area (Å²) in [7, 11) is 0.